The first-order valence-electron chi connectivity index (χ1n) is 5.13. The predicted molar refractivity (Wildman–Crippen MR) is 61.2 cm³/mol. The lowest BCUT2D eigenvalue weighted by atomic mass is 10.2. The molecule has 2 heterocycles. The number of nitrogens with one attached hydrogen (secondary N) is 1. The zero-order valence-corrected chi connectivity index (χ0v) is 9.29. The van der Waals surface area contributed by atoms with Crippen LogP contribution < -0.4 is 5.32 Å². The Labute approximate surface area is 96.3 Å². The van der Waals surface area contributed by atoms with Gasteiger partial charge in [-0.3, -0.25) is 10.1 Å². The van der Waals surface area contributed by atoms with Crippen molar-refractivity contribution in [2.24, 2.45) is 5.92 Å². The highest BCUT2D eigenvalue weighted by atomic mass is 32.1. The van der Waals surface area contributed by atoms with Crippen LogP contribution in [-0.4, -0.2) is 11.1 Å². The zero-order valence-electron chi connectivity index (χ0n) is 8.47. The van der Waals surface area contributed by atoms with Crippen LogP contribution in [0.4, 0.5) is 5.88 Å². The maximum atomic E-state index is 11.5. The topological polar surface area (TPSA) is 55.1 Å². The molecule has 16 heavy (non-hydrogen) atoms. The quantitative estimate of drug-likeness (QED) is 0.888. The molecule has 4 nitrogen and oxygen atoms in total. The lowest BCUT2D eigenvalue weighted by Gasteiger charge is -1.95. The van der Waals surface area contributed by atoms with Crippen molar-refractivity contribution in [1.82, 2.24) is 5.16 Å². The Bertz CT molecular complexity index is 500. The van der Waals surface area contributed by atoms with Crippen molar-refractivity contribution in [1.29, 1.82) is 0 Å². The highest BCUT2D eigenvalue weighted by Crippen LogP contribution is 2.31. The Balaban J connectivity index is 1.75. The van der Waals surface area contributed by atoms with Gasteiger partial charge in [0, 0.05) is 22.9 Å². The van der Waals surface area contributed by atoms with E-state index in [4.69, 9.17) is 4.52 Å². The van der Waals surface area contributed by atoms with E-state index in [2.05, 4.69) is 10.5 Å². The molecule has 2 aromatic rings. The number of nitrogens with zero attached hydrogens (tertiary/aromatic N) is 1. The minimum Gasteiger partial charge on any atom is -0.338 e. The summed E-state index contributed by atoms with van der Waals surface area (Å²) in [5.41, 5.74) is 1.77. The molecule has 1 fully saturated rings. The number of rotatable bonds is 3. The summed E-state index contributed by atoms with van der Waals surface area (Å²) in [6.45, 7) is 0. The van der Waals surface area contributed by atoms with Gasteiger partial charge >= 0.3 is 0 Å². The summed E-state index contributed by atoms with van der Waals surface area (Å²) in [5, 5.41) is 10.6. The second-order valence-corrected chi connectivity index (χ2v) is 4.63. The summed E-state index contributed by atoms with van der Waals surface area (Å²) in [5.74, 6) is 0.640. The van der Waals surface area contributed by atoms with Crippen LogP contribution in [0.5, 0.6) is 0 Å². The standard InChI is InChI=1S/C11H10N2O2S/c14-11(7-1-2-7)12-10-5-9(13-15-10)8-3-4-16-6-8/h3-7H,1-2H2,(H,12,14). The molecule has 0 radical (unpaired) electrons. The average Bonchev–Trinajstić information content (AvgIpc) is 2.80. The molecule has 1 amide bonds. The number of carbonyl (C=O) groups excluding carboxylic acids is 1. The number of thiophene rings is 1. The van der Waals surface area contributed by atoms with Crippen LogP contribution in [0.25, 0.3) is 11.3 Å². The molecule has 1 saturated carbocycles. The third-order valence-electron chi connectivity index (χ3n) is 2.52. The summed E-state index contributed by atoms with van der Waals surface area (Å²) in [6.07, 6.45) is 1.97. The first-order chi connectivity index (χ1) is 7.83. The Kier molecular flexibility index (Phi) is 2.25. The van der Waals surface area contributed by atoms with E-state index >= 15 is 0 Å². The molecule has 0 aromatic carbocycles. The second kappa shape index (κ2) is 3.75. The minimum atomic E-state index is 0.0352. The Morgan fingerprint density at radius 2 is 2.44 bits per heavy atom. The van der Waals surface area contributed by atoms with Crippen molar-refractivity contribution in [3.05, 3.63) is 22.9 Å². The monoisotopic (exact) mass is 234 g/mol. The summed E-state index contributed by atoms with van der Waals surface area (Å²) >= 11 is 1.60. The molecular weight excluding hydrogens is 224 g/mol. The largest absolute Gasteiger partial charge is 0.338 e. The zero-order chi connectivity index (χ0) is 11.0. The molecule has 0 atom stereocenters. The summed E-state index contributed by atoms with van der Waals surface area (Å²) < 4.78 is 5.06. The highest BCUT2D eigenvalue weighted by molar-refractivity contribution is 7.08. The van der Waals surface area contributed by atoms with Crippen molar-refractivity contribution in [3.8, 4) is 11.3 Å². The Morgan fingerprint density at radius 1 is 1.56 bits per heavy atom. The highest BCUT2D eigenvalue weighted by Gasteiger charge is 2.30. The van der Waals surface area contributed by atoms with Crippen LogP contribution >= 0.6 is 11.3 Å². The molecule has 1 N–H and O–H groups in total. The van der Waals surface area contributed by atoms with Gasteiger partial charge in [0.2, 0.25) is 11.8 Å². The van der Waals surface area contributed by atoms with Crippen LogP contribution in [0.15, 0.2) is 27.4 Å². The molecule has 0 bridgehead atoms. The molecule has 0 spiro atoms. The van der Waals surface area contributed by atoms with E-state index in [1.165, 1.54) is 0 Å². The van der Waals surface area contributed by atoms with Crippen LogP contribution in [0.3, 0.4) is 0 Å². The van der Waals surface area contributed by atoms with E-state index in [0.717, 1.165) is 24.1 Å². The molecule has 0 aliphatic heterocycles. The van der Waals surface area contributed by atoms with E-state index in [0.29, 0.717) is 5.88 Å². The van der Waals surface area contributed by atoms with Crippen LogP contribution in [0.2, 0.25) is 0 Å². The number of hydrogen-bond donors (Lipinski definition) is 1. The smallest absolute Gasteiger partial charge is 0.231 e. The third-order valence-corrected chi connectivity index (χ3v) is 3.20. The number of amides is 1. The van der Waals surface area contributed by atoms with E-state index < -0.39 is 0 Å². The van der Waals surface area contributed by atoms with Gasteiger partial charge in [-0.1, -0.05) is 5.16 Å². The lowest BCUT2D eigenvalue weighted by molar-refractivity contribution is -0.117. The van der Waals surface area contributed by atoms with Crippen molar-refractivity contribution >= 4 is 23.1 Å². The average molecular weight is 234 g/mol. The molecule has 82 valence electrons. The van der Waals surface area contributed by atoms with Gasteiger partial charge in [0.05, 0.1) is 0 Å². The maximum absolute atomic E-state index is 11.5. The summed E-state index contributed by atoms with van der Waals surface area (Å²) in [7, 11) is 0. The minimum absolute atomic E-state index is 0.0352. The predicted octanol–water partition coefficient (Wildman–Crippen LogP) is 2.75. The van der Waals surface area contributed by atoms with Crippen molar-refractivity contribution in [2.45, 2.75) is 12.8 Å². The van der Waals surface area contributed by atoms with E-state index in [1.807, 2.05) is 16.8 Å². The number of anilines is 1. The van der Waals surface area contributed by atoms with Crippen LogP contribution in [0, 0.1) is 5.92 Å². The van der Waals surface area contributed by atoms with Gasteiger partial charge in [-0.15, -0.1) is 0 Å². The van der Waals surface area contributed by atoms with Crippen LogP contribution in [0.1, 0.15) is 12.8 Å². The molecule has 1 aliphatic carbocycles. The molecular formula is C11H10N2O2S. The van der Waals surface area contributed by atoms with E-state index in [1.54, 1.807) is 17.4 Å². The van der Waals surface area contributed by atoms with Gasteiger partial charge in [-0.25, -0.2) is 0 Å². The van der Waals surface area contributed by atoms with Crippen molar-refractivity contribution in [3.63, 3.8) is 0 Å². The lowest BCUT2D eigenvalue weighted by Crippen LogP contribution is -2.12. The Hall–Kier alpha value is -1.62. The number of hydrogen-bond acceptors (Lipinski definition) is 4. The fourth-order valence-corrected chi connectivity index (χ4v) is 2.10. The SMILES string of the molecule is O=C(Nc1cc(-c2ccsc2)no1)C1CC1. The molecule has 3 rings (SSSR count). The number of carbonyl (C=O) groups is 1. The van der Waals surface area contributed by atoms with Crippen molar-refractivity contribution < 1.29 is 9.32 Å². The van der Waals surface area contributed by atoms with Crippen LogP contribution in [-0.2, 0) is 4.79 Å². The fourth-order valence-electron chi connectivity index (χ4n) is 1.45. The molecule has 0 saturated heterocycles. The fraction of sp³-hybridized carbons (Fsp3) is 0.273. The van der Waals surface area contributed by atoms with Gasteiger partial charge in [-0.05, 0) is 24.3 Å². The van der Waals surface area contributed by atoms with E-state index in [9.17, 15) is 4.79 Å². The van der Waals surface area contributed by atoms with Gasteiger partial charge < -0.3 is 4.52 Å². The van der Waals surface area contributed by atoms with Gasteiger partial charge in [-0.2, -0.15) is 11.3 Å². The molecule has 1 aliphatic rings. The molecule has 5 heteroatoms. The van der Waals surface area contributed by atoms with Crippen molar-refractivity contribution in [2.75, 3.05) is 5.32 Å². The summed E-state index contributed by atoms with van der Waals surface area (Å²) in [6, 6.07) is 3.72. The first-order valence-corrected chi connectivity index (χ1v) is 6.07. The Morgan fingerprint density at radius 3 is 3.12 bits per heavy atom. The maximum Gasteiger partial charge on any atom is 0.231 e. The van der Waals surface area contributed by atoms with Gasteiger partial charge in [0.15, 0.2) is 0 Å². The molecule has 2 aromatic heterocycles. The normalized spacial score (nSPS) is 15.0. The van der Waals surface area contributed by atoms with Gasteiger partial charge in [0.1, 0.15) is 5.69 Å². The second-order valence-electron chi connectivity index (χ2n) is 3.85. The summed E-state index contributed by atoms with van der Waals surface area (Å²) in [4.78, 5) is 11.5. The van der Waals surface area contributed by atoms with E-state index in [-0.39, 0.29) is 11.8 Å². The number of aromatic nitrogens is 1. The third kappa shape index (κ3) is 1.86. The first kappa shape index (κ1) is 9.59. The molecule has 0 unspecified atom stereocenters. The van der Waals surface area contributed by atoms with Gasteiger partial charge in [0.25, 0.3) is 0 Å².